The van der Waals surface area contributed by atoms with Gasteiger partial charge in [0.2, 0.25) is 0 Å². The summed E-state index contributed by atoms with van der Waals surface area (Å²) in [7, 11) is 0. The highest BCUT2D eigenvalue weighted by Crippen LogP contribution is 2.44. The smallest absolute Gasteiger partial charge is 0.407 e. The number of fused-ring (bicyclic) bond motifs is 3. The van der Waals surface area contributed by atoms with Gasteiger partial charge in [0.05, 0.1) is 16.3 Å². The average molecular weight is 435 g/mol. The molecule has 6 heteroatoms. The van der Waals surface area contributed by atoms with Crippen molar-refractivity contribution in [2.45, 2.75) is 12.3 Å². The number of hydrogen-bond donors (Lipinski definition) is 2. The van der Waals surface area contributed by atoms with Gasteiger partial charge in [0.15, 0.2) is 0 Å². The van der Waals surface area contributed by atoms with Crippen LogP contribution in [0.15, 0.2) is 60.7 Å². The van der Waals surface area contributed by atoms with Gasteiger partial charge in [-0.15, -0.1) is 0 Å². The van der Waals surface area contributed by atoms with E-state index in [0.717, 1.165) is 17.2 Å². The number of nitrogens with two attached hydrogens (primary N) is 1. The van der Waals surface area contributed by atoms with E-state index in [2.05, 4.69) is 41.4 Å². The molecule has 0 saturated heterocycles. The molecule has 0 saturated carbocycles. The number of benzene rings is 3. The maximum absolute atomic E-state index is 13.4. The monoisotopic (exact) mass is 434 g/mol. The fraction of sp³-hybridized carbons (Fsp3) is 0.160. The highest BCUT2D eigenvalue weighted by Gasteiger charge is 2.28. The Balaban J connectivity index is 1.30. The summed E-state index contributed by atoms with van der Waals surface area (Å²) in [5.41, 5.74) is 11.0. The molecule has 31 heavy (non-hydrogen) atoms. The van der Waals surface area contributed by atoms with Crippen LogP contribution in [0.5, 0.6) is 0 Å². The van der Waals surface area contributed by atoms with E-state index in [1.165, 1.54) is 17.2 Å². The Bertz CT molecular complexity index is 1150. The van der Waals surface area contributed by atoms with Gasteiger partial charge in [0.1, 0.15) is 12.4 Å². The Morgan fingerprint density at radius 1 is 1.10 bits per heavy atom. The molecule has 3 N–H and O–H groups in total. The molecule has 3 aromatic rings. The van der Waals surface area contributed by atoms with E-state index in [-0.39, 0.29) is 23.2 Å². The first-order valence-electron chi connectivity index (χ1n) is 9.87. The van der Waals surface area contributed by atoms with Gasteiger partial charge in [0.25, 0.3) is 0 Å². The minimum atomic E-state index is -0.503. The van der Waals surface area contributed by atoms with Crippen molar-refractivity contribution in [3.8, 4) is 23.0 Å². The Morgan fingerprint density at radius 3 is 2.42 bits per heavy atom. The summed E-state index contributed by atoms with van der Waals surface area (Å²) in [4.78, 5) is 12.1. The van der Waals surface area contributed by atoms with E-state index in [1.807, 2.05) is 24.3 Å². The third-order valence-electron chi connectivity index (χ3n) is 5.18. The van der Waals surface area contributed by atoms with Crippen LogP contribution in [0.3, 0.4) is 0 Å². The number of carbonyl (C=O) groups excluding carboxylic acids is 1. The van der Waals surface area contributed by atoms with Gasteiger partial charge in [-0.25, -0.2) is 9.18 Å². The van der Waals surface area contributed by atoms with Crippen molar-refractivity contribution < 1.29 is 13.9 Å². The first kappa shape index (κ1) is 20.8. The fourth-order valence-corrected chi connectivity index (χ4v) is 3.93. The first-order valence-corrected chi connectivity index (χ1v) is 10.2. The Labute approximate surface area is 185 Å². The maximum Gasteiger partial charge on any atom is 0.407 e. The van der Waals surface area contributed by atoms with Crippen molar-refractivity contribution in [3.05, 3.63) is 88.2 Å². The SMILES string of the molecule is Nc1c(Cl)cc(F)cc1C#CCCNC(=O)OCC1c2ccccc2-c2ccccc21. The van der Waals surface area contributed by atoms with Gasteiger partial charge in [-0.2, -0.15) is 0 Å². The lowest BCUT2D eigenvalue weighted by atomic mass is 9.98. The molecule has 0 spiro atoms. The molecule has 0 unspecified atom stereocenters. The van der Waals surface area contributed by atoms with E-state index in [1.54, 1.807) is 0 Å². The average Bonchev–Trinajstić information content (AvgIpc) is 3.09. The number of carbonyl (C=O) groups is 1. The van der Waals surface area contributed by atoms with Crippen molar-refractivity contribution in [1.29, 1.82) is 0 Å². The highest BCUT2D eigenvalue weighted by molar-refractivity contribution is 6.33. The van der Waals surface area contributed by atoms with Crippen molar-refractivity contribution in [1.82, 2.24) is 5.32 Å². The normalized spacial score (nSPS) is 11.8. The van der Waals surface area contributed by atoms with Crippen LogP contribution in [0.2, 0.25) is 5.02 Å². The highest BCUT2D eigenvalue weighted by atomic mass is 35.5. The predicted molar refractivity (Wildman–Crippen MR) is 120 cm³/mol. The van der Waals surface area contributed by atoms with E-state index >= 15 is 0 Å². The molecule has 0 radical (unpaired) electrons. The molecule has 0 heterocycles. The van der Waals surface area contributed by atoms with Crippen LogP contribution in [-0.2, 0) is 4.74 Å². The zero-order chi connectivity index (χ0) is 21.8. The van der Waals surface area contributed by atoms with Crippen LogP contribution in [0.4, 0.5) is 14.9 Å². The number of halogens is 2. The minimum Gasteiger partial charge on any atom is -0.449 e. The van der Waals surface area contributed by atoms with E-state index in [9.17, 15) is 9.18 Å². The third kappa shape index (κ3) is 4.50. The van der Waals surface area contributed by atoms with Crippen molar-refractivity contribution >= 4 is 23.4 Å². The van der Waals surface area contributed by atoms with Gasteiger partial charge in [-0.1, -0.05) is 72.0 Å². The van der Waals surface area contributed by atoms with Crippen LogP contribution in [-0.4, -0.2) is 19.2 Å². The summed E-state index contributed by atoms with van der Waals surface area (Å²) in [6.45, 7) is 0.552. The Morgan fingerprint density at radius 2 is 1.74 bits per heavy atom. The van der Waals surface area contributed by atoms with Gasteiger partial charge < -0.3 is 15.8 Å². The van der Waals surface area contributed by atoms with Crippen molar-refractivity contribution in [2.24, 2.45) is 0 Å². The number of nitrogens with one attached hydrogen (secondary N) is 1. The summed E-state index contributed by atoms with van der Waals surface area (Å²) in [6.07, 6.45) is -0.144. The molecule has 1 aliphatic carbocycles. The molecular formula is C25H20ClFN2O2. The van der Waals surface area contributed by atoms with Gasteiger partial charge in [-0.05, 0) is 34.4 Å². The van der Waals surface area contributed by atoms with E-state index in [4.69, 9.17) is 22.1 Å². The molecule has 0 atom stereocenters. The summed E-state index contributed by atoms with van der Waals surface area (Å²) >= 11 is 5.85. The van der Waals surface area contributed by atoms with Gasteiger partial charge >= 0.3 is 6.09 Å². The molecular weight excluding hydrogens is 415 g/mol. The zero-order valence-corrected chi connectivity index (χ0v) is 17.4. The number of rotatable bonds is 4. The van der Waals surface area contributed by atoms with Crippen molar-refractivity contribution in [2.75, 3.05) is 18.9 Å². The third-order valence-corrected chi connectivity index (χ3v) is 5.49. The standard InChI is InChI=1S/C25H20ClFN2O2/c26-23-14-17(27)13-16(24(23)28)7-5-6-12-29-25(30)31-15-22-20-10-3-1-8-18(20)19-9-2-4-11-21(19)22/h1-4,8-11,13-14,22H,6,12,15,28H2,(H,29,30). The molecule has 1 amide bonds. The number of hydrogen-bond acceptors (Lipinski definition) is 3. The first-order chi connectivity index (χ1) is 15.0. The van der Waals surface area contributed by atoms with Crippen LogP contribution in [0.25, 0.3) is 11.1 Å². The number of alkyl carbamates (subject to hydrolysis) is 1. The molecule has 0 fully saturated rings. The minimum absolute atomic E-state index is 0.0126. The lowest BCUT2D eigenvalue weighted by Crippen LogP contribution is -2.26. The van der Waals surface area contributed by atoms with Crippen LogP contribution < -0.4 is 11.1 Å². The lowest BCUT2D eigenvalue weighted by Gasteiger charge is -2.14. The summed E-state index contributed by atoms with van der Waals surface area (Å²) in [6, 6.07) is 18.7. The molecule has 4 rings (SSSR count). The van der Waals surface area contributed by atoms with E-state index in [0.29, 0.717) is 18.5 Å². The second-order valence-electron chi connectivity index (χ2n) is 7.15. The lowest BCUT2D eigenvalue weighted by molar-refractivity contribution is 0.143. The Hall–Kier alpha value is -3.49. The van der Waals surface area contributed by atoms with Crippen molar-refractivity contribution in [3.63, 3.8) is 0 Å². The number of ether oxygens (including phenoxy) is 1. The number of amides is 1. The van der Waals surface area contributed by atoms with Gasteiger partial charge in [-0.3, -0.25) is 0 Å². The number of anilines is 1. The largest absolute Gasteiger partial charge is 0.449 e. The number of nitrogen functional groups attached to an aromatic ring is 1. The summed E-state index contributed by atoms with van der Waals surface area (Å²) < 4.78 is 18.9. The fourth-order valence-electron chi connectivity index (χ4n) is 3.72. The molecule has 0 aromatic heterocycles. The maximum atomic E-state index is 13.4. The predicted octanol–water partition coefficient (Wildman–Crippen LogP) is 5.34. The van der Waals surface area contributed by atoms with Crippen LogP contribution in [0.1, 0.15) is 29.0 Å². The van der Waals surface area contributed by atoms with Gasteiger partial charge in [0, 0.05) is 18.9 Å². The second kappa shape index (κ2) is 9.11. The van der Waals surface area contributed by atoms with Crippen LogP contribution >= 0.6 is 11.6 Å². The summed E-state index contributed by atoms with van der Waals surface area (Å²) in [5, 5.41) is 2.81. The van der Waals surface area contributed by atoms with Crippen LogP contribution in [0, 0.1) is 17.7 Å². The second-order valence-corrected chi connectivity index (χ2v) is 7.56. The molecule has 1 aliphatic rings. The Kier molecular flexibility index (Phi) is 6.11. The molecule has 3 aromatic carbocycles. The molecule has 0 aliphatic heterocycles. The topological polar surface area (TPSA) is 64.3 Å². The summed E-state index contributed by atoms with van der Waals surface area (Å²) in [5.74, 6) is 5.14. The quantitative estimate of drug-likeness (QED) is 0.331. The molecule has 156 valence electrons. The molecule has 0 bridgehead atoms. The van der Waals surface area contributed by atoms with E-state index < -0.39 is 11.9 Å². The zero-order valence-electron chi connectivity index (χ0n) is 16.6. The molecule has 4 nitrogen and oxygen atoms in total.